The van der Waals surface area contributed by atoms with Gasteiger partial charge >= 0.3 is 5.97 Å². The number of nitrogens with zero attached hydrogens (tertiary/aromatic N) is 2. The Morgan fingerprint density at radius 3 is 2.80 bits per heavy atom. The third-order valence-corrected chi connectivity index (χ3v) is 3.58. The first-order chi connectivity index (χ1) is 9.41. The Morgan fingerprint density at radius 2 is 2.15 bits per heavy atom. The molecule has 7 nitrogen and oxygen atoms in total. The van der Waals surface area contributed by atoms with Gasteiger partial charge in [0.25, 0.3) is 0 Å². The number of hydrogen-bond donors (Lipinski definition) is 1. The van der Waals surface area contributed by atoms with Gasteiger partial charge < -0.3 is 4.74 Å². The van der Waals surface area contributed by atoms with Crippen LogP contribution in [-0.4, -0.2) is 42.4 Å². The summed E-state index contributed by atoms with van der Waals surface area (Å²) in [5.41, 5.74) is 0.500. The lowest BCUT2D eigenvalue weighted by atomic mass is 10.2. The van der Waals surface area contributed by atoms with Crippen LogP contribution in [0, 0.1) is 0 Å². The van der Waals surface area contributed by atoms with Crippen LogP contribution >= 0.6 is 0 Å². The molecular formula is C12H13N3O4S. The van der Waals surface area contributed by atoms with E-state index in [0.717, 1.165) is 6.26 Å². The van der Waals surface area contributed by atoms with E-state index in [9.17, 15) is 13.2 Å². The van der Waals surface area contributed by atoms with E-state index in [1.165, 1.54) is 12.1 Å². The quantitative estimate of drug-likeness (QED) is 0.846. The first-order valence-corrected chi connectivity index (χ1v) is 7.71. The molecule has 2 aromatic rings. The molecule has 0 fully saturated rings. The summed E-state index contributed by atoms with van der Waals surface area (Å²) in [6.45, 7) is 1.92. The molecule has 0 aliphatic carbocycles. The van der Waals surface area contributed by atoms with Crippen LogP contribution in [0.25, 0.3) is 11.4 Å². The van der Waals surface area contributed by atoms with E-state index in [1.54, 1.807) is 19.1 Å². The fraction of sp³-hybridized carbons (Fsp3) is 0.250. The van der Waals surface area contributed by atoms with Crippen molar-refractivity contribution in [2.24, 2.45) is 0 Å². The van der Waals surface area contributed by atoms with Gasteiger partial charge in [-0.05, 0) is 19.1 Å². The Hall–Kier alpha value is -2.22. The Labute approximate surface area is 115 Å². The molecule has 0 saturated carbocycles. The Kier molecular flexibility index (Phi) is 3.84. The molecule has 0 spiro atoms. The van der Waals surface area contributed by atoms with Crippen molar-refractivity contribution >= 4 is 15.8 Å². The van der Waals surface area contributed by atoms with Crippen LogP contribution in [0.5, 0.6) is 0 Å². The maximum atomic E-state index is 11.5. The number of rotatable bonds is 4. The van der Waals surface area contributed by atoms with Gasteiger partial charge in [0.15, 0.2) is 15.7 Å². The normalized spacial score (nSPS) is 11.3. The number of carbonyl (C=O) groups excluding carboxylic acids is 1. The molecule has 1 aromatic carbocycles. The van der Waals surface area contributed by atoms with Crippen molar-refractivity contribution in [3.05, 3.63) is 30.1 Å². The van der Waals surface area contributed by atoms with Crippen LogP contribution in [0.15, 0.2) is 29.2 Å². The van der Waals surface area contributed by atoms with E-state index < -0.39 is 15.8 Å². The number of esters is 1. The van der Waals surface area contributed by atoms with Crippen LogP contribution in [0.2, 0.25) is 0 Å². The Balaban J connectivity index is 2.36. The zero-order valence-electron chi connectivity index (χ0n) is 11.0. The minimum absolute atomic E-state index is 0.0217. The van der Waals surface area contributed by atoms with Crippen molar-refractivity contribution in [2.75, 3.05) is 12.9 Å². The van der Waals surface area contributed by atoms with E-state index >= 15 is 0 Å². The number of aromatic amines is 1. The molecule has 0 bridgehead atoms. The molecule has 106 valence electrons. The zero-order valence-corrected chi connectivity index (χ0v) is 11.8. The van der Waals surface area contributed by atoms with E-state index in [-0.39, 0.29) is 23.2 Å². The maximum Gasteiger partial charge on any atom is 0.375 e. The van der Waals surface area contributed by atoms with Crippen molar-refractivity contribution in [1.29, 1.82) is 0 Å². The summed E-state index contributed by atoms with van der Waals surface area (Å²) in [5, 5.41) is 6.34. The molecule has 0 unspecified atom stereocenters. The highest BCUT2D eigenvalue weighted by Gasteiger charge is 2.15. The highest BCUT2D eigenvalue weighted by atomic mass is 32.2. The highest BCUT2D eigenvalue weighted by Crippen LogP contribution is 2.19. The zero-order chi connectivity index (χ0) is 14.8. The van der Waals surface area contributed by atoms with Crippen LogP contribution in [-0.2, 0) is 14.6 Å². The second kappa shape index (κ2) is 5.41. The summed E-state index contributed by atoms with van der Waals surface area (Å²) in [5.74, 6) is -0.393. The fourth-order valence-corrected chi connectivity index (χ4v) is 2.21. The van der Waals surface area contributed by atoms with Gasteiger partial charge in [0, 0.05) is 11.8 Å². The molecule has 0 amide bonds. The van der Waals surface area contributed by atoms with Gasteiger partial charge in [0.2, 0.25) is 5.82 Å². The molecule has 0 radical (unpaired) electrons. The number of H-pyrrole nitrogens is 1. The average molecular weight is 295 g/mol. The minimum Gasteiger partial charge on any atom is -0.460 e. The van der Waals surface area contributed by atoms with Crippen molar-refractivity contribution in [3.63, 3.8) is 0 Å². The molecule has 20 heavy (non-hydrogen) atoms. The van der Waals surface area contributed by atoms with Gasteiger partial charge in [-0.3, -0.25) is 5.10 Å². The smallest absolute Gasteiger partial charge is 0.375 e. The summed E-state index contributed by atoms with van der Waals surface area (Å²) in [7, 11) is -3.31. The molecule has 1 heterocycles. The van der Waals surface area contributed by atoms with Gasteiger partial charge in [-0.1, -0.05) is 12.1 Å². The molecule has 1 N–H and O–H groups in total. The summed E-state index contributed by atoms with van der Waals surface area (Å²) in [4.78, 5) is 15.6. The van der Waals surface area contributed by atoms with Crippen LogP contribution in [0.4, 0.5) is 0 Å². The van der Waals surface area contributed by atoms with Crippen LogP contribution in [0.3, 0.4) is 0 Å². The summed E-state index contributed by atoms with van der Waals surface area (Å²) in [6.07, 6.45) is 1.12. The summed E-state index contributed by atoms with van der Waals surface area (Å²) in [6, 6.07) is 6.18. The Morgan fingerprint density at radius 1 is 1.40 bits per heavy atom. The Bertz CT molecular complexity index is 737. The summed E-state index contributed by atoms with van der Waals surface area (Å²) < 4.78 is 27.8. The second-order valence-corrected chi connectivity index (χ2v) is 6.04. The van der Waals surface area contributed by atoms with Crippen LogP contribution < -0.4 is 0 Å². The number of ether oxygens (including phenoxy) is 1. The van der Waals surface area contributed by atoms with Crippen LogP contribution in [0.1, 0.15) is 17.5 Å². The first kappa shape index (κ1) is 14.2. The topological polar surface area (TPSA) is 102 Å². The summed E-state index contributed by atoms with van der Waals surface area (Å²) >= 11 is 0. The molecule has 0 aliphatic heterocycles. The van der Waals surface area contributed by atoms with Gasteiger partial charge in [-0.25, -0.2) is 18.2 Å². The van der Waals surface area contributed by atoms with E-state index in [4.69, 9.17) is 4.74 Å². The van der Waals surface area contributed by atoms with Gasteiger partial charge in [-0.2, -0.15) is 5.10 Å². The first-order valence-electron chi connectivity index (χ1n) is 5.82. The van der Waals surface area contributed by atoms with E-state index in [1.807, 2.05) is 0 Å². The number of benzene rings is 1. The van der Waals surface area contributed by atoms with Crippen molar-refractivity contribution < 1.29 is 17.9 Å². The molecule has 1 aromatic heterocycles. The molecule has 0 atom stereocenters. The number of hydrogen-bond acceptors (Lipinski definition) is 6. The molecule has 8 heteroatoms. The number of carbonyl (C=O) groups is 1. The van der Waals surface area contributed by atoms with Crippen molar-refractivity contribution in [3.8, 4) is 11.4 Å². The third kappa shape index (κ3) is 3.02. The highest BCUT2D eigenvalue weighted by molar-refractivity contribution is 7.90. The number of nitrogens with one attached hydrogen (secondary N) is 1. The predicted octanol–water partition coefficient (Wildman–Crippen LogP) is 1.05. The molecule has 2 rings (SSSR count). The van der Waals surface area contributed by atoms with Gasteiger partial charge in [-0.15, -0.1) is 0 Å². The maximum absolute atomic E-state index is 11.5. The standard InChI is InChI=1S/C12H13N3O4S/c1-3-19-12(16)11-13-10(14-15-11)8-5-4-6-9(7-8)20(2,17)18/h4-7H,3H2,1-2H3,(H,13,14,15). The van der Waals surface area contributed by atoms with Gasteiger partial charge in [0.1, 0.15) is 0 Å². The third-order valence-electron chi connectivity index (χ3n) is 2.47. The number of sulfone groups is 1. The monoisotopic (exact) mass is 295 g/mol. The average Bonchev–Trinajstić information content (AvgIpc) is 2.88. The minimum atomic E-state index is -3.31. The largest absolute Gasteiger partial charge is 0.460 e. The number of aromatic nitrogens is 3. The molecular weight excluding hydrogens is 282 g/mol. The van der Waals surface area contributed by atoms with E-state index in [0.29, 0.717) is 5.56 Å². The molecule has 0 aliphatic rings. The molecule has 0 saturated heterocycles. The predicted molar refractivity (Wildman–Crippen MR) is 70.9 cm³/mol. The SMILES string of the molecule is CCOC(=O)c1nc(-c2cccc(S(C)(=O)=O)c2)n[nH]1. The fourth-order valence-electron chi connectivity index (χ4n) is 1.55. The second-order valence-electron chi connectivity index (χ2n) is 4.03. The lowest BCUT2D eigenvalue weighted by Crippen LogP contribution is -2.06. The van der Waals surface area contributed by atoms with Gasteiger partial charge in [0.05, 0.1) is 11.5 Å². The lowest BCUT2D eigenvalue weighted by Gasteiger charge is -2.00. The lowest BCUT2D eigenvalue weighted by molar-refractivity contribution is 0.0512. The van der Waals surface area contributed by atoms with Crippen molar-refractivity contribution in [2.45, 2.75) is 11.8 Å². The van der Waals surface area contributed by atoms with E-state index in [2.05, 4.69) is 15.2 Å². The van der Waals surface area contributed by atoms with Crippen molar-refractivity contribution in [1.82, 2.24) is 15.2 Å².